The lowest BCUT2D eigenvalue weighted by Gasteiger charge is -2.18. The molecule has 6 nitrogen and oxygen atoms in total. The molecule has 1 saturated heterocycles. The molecule has 2 unspecified atom stereocenters. The molecule has 0 aliphatic carbocycles. The predicted octanol–water partition coefficient (Wildman–Crippen LogP) is 1.80. The summed E-state index contributed by atoms with van der Waals surface area (Å²) in [4.78, 5) is 36.6. The van der Waals surface area contributed by atoms with Gasteiger partial charge in [0.05, 0.1) is 17.5 Å². The summed E-state index contributed by atoms with van der Waals surface area (Å²) in [6.07, 6.45) is 1.17. The standard InChI is InChI=1S/C17H21FN2O4/c1-2-5-11(17(23)24)9-19-16(22)12-8-15(21)20(10-12)14-7-4-3-6-13(14)18/h3-4,6-7,11-12H,2,5,8-10H2,1H3,(H,19,22)(H,23,24). The normalized spacial score (nSPS) is 18.5. The summed E-state index contributed by atoms with van der Waals surface area (Å²) in [6.45, 7) is 2.00. The molecule has 1 aromatic rings. The molecular weight excluding hydrogens is 315 g/mol. The van der Waals surface area contributed by atoms with Gasteiger partial charge in [0.15, 0.2) is 0 Å². The van der Waals surface area contributed by atoms with Crippen LogP contribution in [0.4, 0.5) is 10.1 Å². The molecule has 0 saturated carbocycles. The fourth-order valence-electron chi connectivity index (χ4n) is 2.82. The van der Waals surface area contributed by atoms with E-state index < -0.39 is 23.6 Å². The van der Waals surface area contributed by atoms with E-state index in [0.29, 0.717) is 12.8 Å². The van der Waals surface area contributed by atoms with Gasteiger partial charge in [0, 0.05) is 19.5 Å². The van der Waals surface area contributed by atoms with Crippen LogP contribution in [0.1, 0.15) is 26.2 Å². The van der Waals surface area contributed by atoms with Crippen molar-refractivity contribution in [3.63, 3.8) is 0 Å². The van der Waals surface area contributed by atoms with Gasteiger partial charge in [0.2, 0.25) is 11.8 Å². The number of carbonyl (C=O) groups is 3. The highest BCUT2D eigenvalue weighted by molar-refractivity contribution is 6.00. The largest absolute Gasteiger partial charge is 0.481 e. The van der Waals surface area contributed by atoms with Crippen molar-refractivity contribution in [2.75, 3.05) is 18.0 Å². The van der Waals surface area contributed by atoms with Crippen molar-refractivity contribution in [3.8, 4) is 0 Å². The highest BCUT2D eigenvalue weighted by Gasteiger charge is 2.36. The number of hydrogen-bond acceptors (Lipinski definition) is 3. The van der Waals surface area contributed by atoms with Crippen molar-refractivity contribution in [2.45, 2.75) is 26.2 Å². The number of carboxylic acids is 1. The zero-order valence-electron chi connectivity index (χ0n) is 13.5. The van der Waals surface area contributed by atoms with Crippen molar-refractivity contribution < 1.29 is 23.9 Å². The van der Waals surface area contributed by atoms with Crippen LogP contribution in [0.3, 0.4) is 0 Å². The molecule has 1 aliphatic rings. The average molecular weight is 336 g/mol. The molecule has 24 heavy (non-hydrogen) atoms. The Morgan fingerprint density at radius 2 is 2.12 bits per heavy atom. The fraction of sp³-hybridized carbons (Fsp3) is 0.471. The van der Waals surface area contributed by atoms with Crippen LogP contribution in [0.5, 0.6) is 0 Å². The SMILES string of the molecule is CCCC(CNC(=O)C1CC(=O)N(c2ccccc2F)C1)C(=O)O. The minimum atomic E-state index is -0.951. The van der Waals surface area contributed by atoms with Crippen LogP contribution in [0, 0.1) is 17.7 Å². The van der Waals surface area contributed by atoms with Gasteiger partial charge >= 0.3 is 5.97 Å². The topological polar surface area (TPSA) is 86.7 Å². The first-order valence-corrected chi connectivity index (χ1v) is 7.99. The van der Waals surface area contributed by atoms with Crippen molar-refractivity contribution >= 4 is 23.5 Å². The summed E-state index contributed by atoms with van der Waals surface area (Å²) in [6, 6.07) is 5.91. The smallest absolute Gasteiger partial charge is 0.308 e. The minimum Gasteiger partial charge on any atom is -0.481 e. The number of hydrogen-bond donors (Lipinski definition) is 2. The van der Waals surface area contributed by atoms with Crippen LogP contribution in [-0.2, 0) is 14.4 Å². The van der Waals surface area contributed by atoms with E-state index in [9.17, 15) is 18.8 Å². The number of anilines is 1. The number of benzene rings is 1. The predicted molar refractivity (Wildman–Crippen MR) is 85.9 cm³/mol. The number of aliphatic carboxylic acids is 1. The number of carboxylic acid groups (broad SMARTS) is 1. The van der Waals surface area contributed by atoms with E-state index >= 15 is 0 Å². The number of halogens is 1. The van der Waals surface area contributed by atoms with Gasteiger partial charge in [-0.15, -0.1) is 0 Å². The monoisotopic (exact) mass is 336 g/mol. The molecule has 1 aromatic carbocycles. The molecule has 1 fully saturated rings. The Bertz CT molecular complexity index is 635. The molecule has 0 radical (unpaired) electrons. The van der Waals surface area contributed by atoms with Crippen LogP contribution in [0.15, 0.2) is 24.3 Å². The number of nitrogens with one attached hydrogen (secondary N) is 1. The van der Waals surface area contributed by atoms with Gasteiger partial charge < -0.3 is 15.3 Å². The van der Waals surface area contributed by atoms with E-state index in [0.717, 1.165) is 0 Å². The van der Waals surface area contributed by atoms with E-state index in [-0.39, 0.29) is 37.0 Å². The number of para-hydroxylation sites is 1. The van der Waals surface area contributed by atoms with E-state index in [2.05, 4.69) is 5.32 Å². The molecule has 1 heterocycles. The number of carbonyl (C=O) groups excluding carboxylic acids is 2. The summed E-state index contributed by atoms with van der Waals surface area (Å²) < 4.78 is 13.8. The van der Waals surface area contributed by atoms with Crippen molar-refractivity contribution in [2.24, 2.45) is 11.8 Å². The average Bonchev–Trinajstić information content (AvgIpc) is 2.93. The van der Waals surface area contributed by atoms with Crippen molar-refractivity contribution in [3.05, 3.63) is 30.1 Å². The second kappa shape index (κ2) is 7.90. The van der Waals surface area contributed by atoms with Gasteiger partial charge in [-0.1, -0.05) is 25.5 Å². The van der Waals surface area contributed by atoms with Gasteiger partial charge in [0.25, 0.3) is 0 Å². The summed E-state index contributed by atoms with van der Waals surface area (Å²) in [5, 5.41) is 11.7. The summed E-state index contributed by atoms with van der Waals surface area (Å²) in [7, 11) is 0. The molecule has 130 valence electrons. The van der Waals surface area contributed by atoms with Gasteiger partial charge in [-0.25, -0.2) is 4.39 Å². The first-order valence-electron chi connectivity index (χ1n) is 7.99. The summed E-state index contributed by atoms with van der Waals surface area (Å²) in [5.74, 6) is -3.39. The number of amides is 2. The Labute approximate surface area is 139 Å². The molecule has 0 aromatic heterocycles. The quantitative estimate of drug-likeness (QED) is 0.795. The van der Waals surface area contributed by atoms with Gasteiger partial charge in [-0.3, -0.25) is 14.4 Å². The zero-order valence-corrected chi connectivity index (χ0v) is 13.5. The van der Waals surface area contributed by atoms with Gasteiger partial charge in [0.1, 0.15) is 5.82 Å². The maximum absolute atomic E-state index is 13.8. The third-order valence-electron chi connectivity index (χ3n) is 4.15. The second-order valence-electron chi connectivity index (χ2n) is 5.93. The molecule has 2 atom stereocenters. The molecule has 2 rings (SSSR count). The third kappa shape index (κ3) is 4.10. The third-order valence-corrected chi connectivity index (χ3v) is 4.15. The number of nitrogens with zero attached hydrogens (tertiary/aromatic N) is 1. The molecule has 7 heteroatoms. The molecule has 2 amide bonds. The van der Waals surface area contributed by atoms with Crippen LogP contribution < -0.4 is 10.2 Å². The van der Waals surface area contributed by atoms with Crippen molar-refractivity contribution in [1.29, 1.82) is 0 Å². The van der Waals surface area contributed by atoms with Crippen LogP contribution in [-0.4, -0.2) is 36.0 Å². The highest BCUT2D eigenvalue weighted by Crippen LogP contribution is 2.27. The maximum Gasteiger partial charge on any atom is 0.308 e. The molecule has 1 aliphatic heterocycles. The molecular formula is C17H21FN2O4. The van der Waals surface area contributed by atoms with Crippen LogP contribution >= 0.6 is 0 Å². The Kier molecular flexibility index (Phi) is 5.89. The van der Waals surface area contributed by atoms with E-state index in [1.54, 1.807) is 6.07 Å². The fourth-order valence-corrected chi connectivity index (χ4v) is 2.82. The van der Waals surface area contributed by atoms with Crippen LogP contribution in [0.2, 0.25) is 0 Å². The Balaban J connectivity index is 1.96. The Morgan fingerprint density at radius 1 is 1.42 bits per heavy atom. The molecule has 0 spiro atoms. The second-order valence-corrected chi connectivity index (χ2v) is 5.93. The highest BCUT2D eigenvalue weighted by atomic mass is 19.1. The van der Waals surface area contributed by atoms with E-state index in [1.165, 1.54) is 23.1 Å². The first-order chi connectivity index (χ1) is 11.4. The maximum atomic E-state index is 13.8. The van der Waals surface area contributed by atoms with E-state index in [4.69, 9.17) is 5.11 Å². The summed E-state index contributed by atoms with van der Waals surface area (Å²) in [5.41, 5.74) is 0.159. The lowest BCUT2D eigenvalue weighted by molar-refractivity contribution is -0.142. The summed E-state index contributed by atoms with van der Waals surface area (Å²) >= 11 is 0. The lowest BCUT2D eigenvalue weighted by Crippen LogP contribution is -2.37. The first kappa shape index (κ1) is 17.9. The van der Waals surface area contributed by atoms with E-state index in [1.807, 2.05) is 6.92 Å². The lowest BCUT2D eigenvalue weighted by atomic mass is 10.0. The van der Waals surface area contributed by atoms with Gasteiger partial charge in [-0.2, -0.15) is 0 Å². The Morgan fingerprint density at radius 3 is 2.75 bits per heavy atom. The number of rotatable bonds is 7. The molecule has 0 bridgehead atoms. The van der Waals surface area contributed by atoms with Gasteiger partial charge in [-0.05, 0) is 18.6 Å². The zero-order chi connectivity index (χ0) is 17.7. The minimum absolute atomic E-state index is 0.00825. The van der Waals surface area contributed by atoms with Crippen molar-refractivity contribution in [1.82, 2.24) is 5.32 Å². The van der Waals surface area contributed by atoms with Crippen LogP contribution in [0.25, 0.3) is 0 Å². The Hall–Kier alpha value is -2.44. The molecule has 2 N–H and O–H groups in total.